The van der Waals surface area contributed by atoms with Crippen molar-refractivity contribution in [2.75, 3.05) is 0 Å². The summed E-state index contributed by atoms with van der Waals surface area (Å²) in [5.41, 5.74) is 8.69. The van der Waals surface area contributed by atoms with Gasteiger partial charge in [-0.2, -0.15) is 0 Å². The molecule has 38 valence electrons. The van der Waals surface area contributed by atoms with Gasteiger partial charge in [-0.15, -0.1) is 0 Å². The van der Waals surface area contributed by atoms with Crippen LogP contribution < -0.4 is 5.73 Å². The summed E-state index contributed by atoms with van der Waals surface area (Å²) >= 11 is 1.09. The summed E-state index contributed by atoms with van der Waals surface area (Å²) in [6.07, 6.45) is 0. The maximum absolute atomic E-state index is 6.51. The molecule has 0 saturated carbocycles. The number of nitrogens with one attached hydrogen (secondary N) is 1. The largest absolute Gasteiger partial charge is 0.387 e. The molecule has 0 aromatic rings. The molecule has 0 aliphatic rings. The van der Waals surface area contributed by atoms with Gasteiger partial charge in [-0.25, -0.2) is 0 Å². The minimum atomic E-state index is 0.440. The van der Waals surface area contributed by atoms with Crippen molar-refractivity contribution in [2.45, 2.75) is 0 Å². The molecule has 0 amide bonds. The summed E-state index contributed by atoms with van der Waals surface area (Å²) in [5.74, 6) is 0. The van der Waals surface area contributed by atoms with E-state index in [1.165, 1.54) is 0 Å². The summed E-state index contributed by atoms with van der Waals surface area (Å²) in [7, 11) is 0. The zero-order valence-electron chi connectivity index (χ0n) is 3.77. The Morgan fingerprint density at radius 1 is 2.00 bits per heavy atom. The highest BCUT2D eigenvalue weighted by Crippen LogP contribution is 1.99. The maximum Gasteiger partial charge on any atom is 0.114 e. The van der Waals surface area contributed by atoms with Crippen LogP contribution in [0.4, 0.5) is 0 Å². The molecule has 0 unspecified atom stereocenters. The topological polar surface area (TPSA) is 49.9 Å². The first-order valence-electron chi connectivity index (χ1n) is 1.62. The van der Waals surface area contributed by atoms with Gasteiger partial charge < -0.3 is 11.1 Å². The minimum absolute atomic E-state index is 0.440. The third-order valence-corrected chi connectivity index (χ3v) is 0.876. The van der Waals surface area contributed by atoms with Gasteiger partial charge in [0.2, 0.25) is 0 Å². The SMILES string of the molecule is C=C=C(N)SC=N. The standard InChI is InChI=1S/C4H6N2S/c1-2-4(6)7-3-5/h3,5H,1,6H2. The van der Waals surface area contributed by atoms with Gasteiger partial charge in [-0.05, 0) is 0 Å². The van der Waals surface area contributed by atoms with Gasteiger partial charge in [-0.3, -0.25) is 0 Å². The van der Waals surface area contributed by atoms with Crippen LogP contribution in [0.2, 0.25) is 0 Å². The highest BCUT2D eigenvalue weighted by atomic mass is 32.2. The zero-order valence-corrected chi connectivity index (χ0v) is 4.59. The fourth-order valence-electron chi connectivity index (χ4n) is 0.105. The molecule has 3 heteroatoms. The summed E-state index contributed by atoms with van der Waals surface area (Å²) in [6, 6.07) is 0. The fraction of sp³-hybridized carbons (Fsp3) is 0. The first kappa shape index (κ1) is 6.34. The van der Waals surface area contributed by atoms with Crippen LogP contribution in [-0.4, -0.2) is 5.55 Å². The van der Waals surface area contributed by atoms with Crippen molar-refractivity contribution in [1.82, 2.24) is 0 Å². The van der Waals surface area contributed by atoms with E-state index in [1.54, 1.807) is 0 Å². The van der Waals surface area contributed by atoms with E-state index in [2.05, 4.69) is 12.3 Å². The summed E-state index contributed by atoms with van der Waals surface area (Å²) in [5, 5.41) is 6.95. The van der Waals surface area contributed by atoms with Crippen LogP contribution in [0, 0.1) is 5.41 Å². The Morgan fingerprint density at radius 3 is 2.71 bits per heavy atom. The van der Waals surface area contributed by atoms with Crippen LogP contribution in [0.1, 0.15) is 0 Å². The second-order valence-electron chi connectivity index (χ2n) is 0.777. The zero-order chi connectivity index (χ0) is 5.70. The maximum atomic E-state index is 6.51. The minimum Gasteiger partial charge on any atom is -0.387 e. The molecule has 2 nitrogen and oxygen atoms in total. The van der Waals surface area contributed by atoms with Gasteiger partial charge in [0.1, 0.15) is 5.03 Å². The van der Waals surface area contributed by atoms with Crippen LogP contribution in [0.3, 0.4) is 0 Å². The van der Waals surface area contributed by atoms with Crippen molar-refractivity contribution in [1.29, 1.82) is 5.41 Å². The van der Waals surface area contributed by atoms with Crippen molar-refractivity contribution in [3.8, 4) is 0 Å². The Bertz CT molecular complexity index is 113. The van der Waals surface area contributed by atoms with E-state index < -0.39 is 0 Å². The van der Waals surface area contributed by atoms with Crippen molar-refractivity contribution >= 4 is 17.3 Å². The molecule has 0 spiro atoms. The fourth-order valence-corrected chi connectivity index (χ4v) is 0.315. The molecule has 0 atom stereocenters. The molecule has 0 aromatic heterocycles. The monoisotopic (exact) mass is 114 g/mol. The number of thioether (sulfide) groups is 1. The average Bonchev–Trinajstić information content (AvgIpc) is 1.68. The van der Waals surface area contributed by atoms with Crippen molar-refractivity contribution in [3.63, 3.8) is 0 Å². The molecule has 3 N–H and O–H groups in total. The third-order valence-electron chi connectivity index (χ3n) is 0.360. The normalized spacial score (nSPS) is 6.86. The molecule has 0 heterocycles. The lowest BCUT2D eigenvalue weighted by Crippen LogP contribution is -1.87. The average molecular weight is 114 g/mol. The molecule has 0 fully saturated rings. The second kappa shape index (κ2) is 3.53. The van der Waals surface area contributed by atoms with Crippen LogP contribution in [-0.2, 0) is 0 Å². The predicted molar refractivity (Wildman–Crippen MR) is 33.2 cm³/mol. The second-order valence-corrected chi connectivity index (χ2v) is 1.69. The molecule has 0 aliphatic carbocycles. The molecule has 0 radical (unpaired) electrons. The number of hydrogen-bond donors (Lipinski definition) is 2. The Kier molecular flexibility index (Phi) is 3.19. The number of rotatable bonds is 2. The molecule has 0 aliphatic heterocycles. The Labute approximate surface area is 46.6 Å². The quantitative estimate of drug-likeness (QED) is 0.318. The lowest BCUT2D eigenvalue weighted by atomic mass is 10.9. The van der Waals surface area contributed by atoms with Crippen LogP contribution in [0.5, 0.6) is 0 Å². The molecule has 0 aromatic carbocycles. The van der Waals surface area contributed by atoms with Crippen molar-refractivity contribution < 1.29 is 0 Å². The summed E-state index contributed by atoms with van der Waals surface area (Å²) in [4.78, 5) is 0. The molecule has 0 saturated heterocycles. The Morgan fingerprint density at radius 2 is 2.57 bits per heavy atom. The Hall–Kier alpha value is -0.660. The highest BCUT2D eigenvalue weighted by molar-refractivity contribution is 8.15. The molecular formula is C4H6N2S. The molecular weight excluding hydrogens is 108 g/mol. The van der Waals surface area contributed by atoms with Crippen LogP contribution in [0.25, 0.3) is 0 Å². The van der Waals surface area contributed by atoms with E-state index in [-0.39, 0.29) is 0 Å². The van der Waals surface area contributed by atoms with Gasteiger partial charge in [-0.1, -0.05) is 24.1 Å². The lowest BCUT2D eigenvalue weighted by Gasteiger charge is -1.82. The Balaban J connectivity index is 3.58. The highest BCUT2D eigenvalue weighted by Gasteiger charge is 1.77. The lowest BCUT2D eigenvalue weighted by molar-refractivity contribution is 1.57. The van der Waals surface area contributed by atoms with E-state index in [0.717, 1.165) is 17.3 Å². The van der Waals surface area contributed by atoms with Crippen molar-refractivity contribution in [2.24, 2.45) is 5.73 Å². The summed E-state index contributed by atoms with van der Waals surface area (Å²) in [6.45, 7) is 3.27. The van der Waals surface area contributed by atoms with Gasteiger partial charge in [0.15, 0.2) is 0 Å². The van der Waals surface area contributed by atoms with E-state index in [9.17, 15) is 0 Å². The van der Waals surface area contributed by atoms with E-state index in [1.807, 2.05) is 0 Å². The van der Waals surface area contributed by atoms with Crippen molar-refractivity contribution in [3.05, 3.63) is 17.3 Å². The first-order valence-corrected chi connectivity index (χ1v) is 2.50. The van der Waals surface area contributed by atoms with Crippen LogP contribution >= 0.6 is 11.8 Å². The molecule has 0 bridgehead atoms. The van der Waals surface area contributed by atoms with Gasteiger partial charge in [0.05, 0.1) is 5.55 Å². The van der Waals surface area contributed by atoms with Gasteiger partial charge in [0, 0.05) is 0 Å². The number of hydrogen-bond acceptors (Lipinski definition) is 3. The predicted octanol–water partition coefficient (Wildman–Crippen LogP) is 0.912. The third kappa shape index (κ3) is 3.16. The molecule has 7 heavy (non-hydrogen) atoms. The van der Waals surface area contributed by atoms with E-state index in [4.69, 9.17) is 11.1 Å². The van der Waals surface area contributed by atoms with Crippen LogP contribution in [0.15, 0.2) is 17.3 Å². The summed E-state index contributed by atoms with van der Waals surface area (Å²) < 4.78 is 0. The van der Waals surface area contributed by atoms with Gasteiger partial charge >= 0.3 is 0 Å². The first-order chi connectivity index (χ1) is 3.31. The smallest absolute Gasteiger partial charge is 0.114 e. The molecule has 0 rings (SSSR count). The van der Waals surface area contributed by atoms with E-state index in [0.29, 0.717) is 5.03 Å². The van der Waals surface area contributed by atoms with Gasteiger partial charge in [0.25, 0.3) is 0 Å². The van der Waals surface area contributed by atoms with E-state index >= 15 is 0 Å². The number of nitrogens with two attached hydrogens (primary N) is 1.